The van der Waals surface area contributed by atoms with Gasteiger partial charge in [-0.3, -0.25) is 0 Å². The monoisotopic (exact) mass is 249 g/mol. The molecule has 2 nitrogen and oxygen atoms in total. The van der Waals surface area contributed by atoms with E-state index in [4.69, 9.17) is 4.74 Å². The van der Waals surface area contributed by atoms with E-state index in [0.717, 1.165) is 25.1 Å². The number of para-hydroxylation sites is 1. The highest BCUT2D eigenvalue weighted by Crippen LogP contribution is 2.21. The Kier molecular flexibility index (Phi) is 5.67. The van der Waals surface area contributed by atoms with Crippen molar-refractivity contribution >= 4 is 0 Å². The Morgan fingerprint density at radius 1 is 1.17 bits per heavy atom. The Morgan fingerprint density at radius 2 is 1.78 bits per heavy atom. The number of ether oxygens (including phenoxy) is 1. The Bertz CT molecular complexity index is 356. The van der Waals surface area contributed by atoms with Gasteiger partial charge in [0.05, 0.1) is 6.10 Å². The van der Waals surface area contributed by atoms with Gasteiger partial charge < -0.3 is 10.1 Å². The van der Waals surface area contributed by atoms with Crippen molar-refractivity contribution in [2.75, 3.05) is 0 Å². The first-order chi connectivity index (χ1) is 8.50. The zero-order chi connectivity index (χ0) is 13.6. The fourth-order valence-electron chi connectivity index (χ4n) is 1.83. The zero-order valence-corrected chi connectivity index (χ0v) is 12.4. The van der Waals surface area contributed by atoms with Gasteiger partial charge in [-0.25, -0.2) is 0 Å². The highest BCUT2D eigenvalue weighted by atomic mass is 16.5. The molecule has 0 aliphatic heterocycles. The Labute approximate surface area is 112 Å². The van der Waals surface area contributed by atoms with Crippen LogP contribution in [0.2, 0.25) is 0 Å². The van der Waals surface area contributed by atoms with Gasteiger partial charge in [-0.15, -0.1) is 0 Å². The predicted octanol–water partition coefficient (Wildman–Crippen LogP) is 4.14. The third-order valence-corrected chi connectivity index (χ3v) is 3.60. The molecule has 0 saturated carbocycles. The second kappa shape index (κ2) is 6.79. The van der Waals surface area contributed by atoms with E-state index in [1.54, 1.807) is 0 Å². The second-order valence-corrected chi connectivity index (χ2v) is 5.40. The van der Waals surface area contributed by atoms with E-state index in [1.165, 1.54) is 5.56 Å². The summed E-state index contributed by atoms with van der Waals surface area (Å²) >= 11 is 0. The average molecular weight is 249 g/mol. The first kappa shape index (κ1) is 15.0. The van der Waals surface area contributed by atoms with Crippen molar-refractivity contribution in [1.82, 2.24) is 5.32 Å². The first-order valence-corrected chi connectivity index (χ1v) is 7.00. The molecule has 1 rings (SSSR count). The Morgan fingerprint density at radius 3 is 2.33 bits per heavy atom. The molecular formula is C16H27NO. The van der Waals surface area contributed by atoms with Crippen molar-refractivity contribution in [3.05, 3.63) is 29.8 Å². The summed E-state index contributed by atoms with van der Waals surface area (Å²) in [6.45, 7) is 11.7. The summed E-state index contributed by atoms with van der Waals surface area (Å²) in [6, 6.07) is 8.28. The van der Waals surface area contributed by atoms with E-state index >= 15 is 0 Å². The molecule has 0 saturated heterocycles. The molecule has 18 heavy (non-hydrogen) atoms. The number of hydrogen-bond acceptors (Lipinski definition) is 2. The van der Waals surface area contributed by atoms with Crippen LogP contribution in [-0.4, -0.2) is 11.6 Å². The lowest BCUT2D eigenvalue weighted by Crippen LogP contribution is -2.40. The van der Waals surface area contributed by atoms with Crippen LogP contribution in [-0.2, 0) is 6.54 Å². The highest BCUT2D eigenvalue weighted by Gasteiger charge is 2.18. The standard InChI is InChI=1S/C16H27NO/c1-6-16(5,7-2)17-12-14-10-8-9-11-15(14)18-13(3)4/h8-11,13,17H,6-7,12H2,1-5H3. The molecule has 0 radical (unpaired) electrons. The summed E-state index contributed by atoms with van der Waals surface area (Å²) in [4.78, 5) is 0. The van der Waals surface area contributed by atoms with Gasteiger partial charge in [0.15, 0.2) is 0 Å². The molecule has 0 heterocycles. The topological polar surface area (TPSA) is 21.3 Å². The predicted molar refractivity (Wildman–Crippen MR) is 78.0 cm³/mol. The summed E-state index contributed by atoms with van der Waals surface area (Å²) in [5.41, 5.74) is 1.45. The molecule has 1 N–H and O–H groups in total. The third-order valence-electron chi connectivity index (χ3n) is 3.60. The van der Waals surface area contributed by atoms with Crippen LogP contribution >= 0.6 is 0 Å². The van der Waals surface area contributed by atoms with Crippen LogP contribution in [0.1, 0.15) is 53.0 Å². The molecule has 0 bridgehead atoms. The molecule has 0 amide bonds. The van der Waals surface area contributed by atoms with Gasteiger partial charge in [-0.1, -0.05) is 32.0 Å². The summed E-state index contributed by atoms with van der Waals surface area (Å²) in [5.74, 6) is 0.995. The lowest BCUT2D eigenvalue weighted by atomic mass is 9.95. The van der Waals surface area contributed by atoms with E-state index < -0.39 is 0 Å². The largest absolute Gasteiger partial charge is 0.491 e. The van der Waals surface area contributed by atoms with Crippen molar-refractivity contribution in [2.45, 2.75) is 65.6 Å². The molecule has 0 aromatic heterocycles. The van der Waals surface area contributed by atoms with Crippen LogP contribution in [0.3, 0.4) is 0 Å². The zero-order valence-electron chi connectivity index (χ0n) is 12.4. The molecule has 1 aromatic rings. The maximum Gasteiger partial charge on any atom is 0.124 e. The molecule has 0 fully saturated rings. The average Bonchev–Trinajstić information content (AvgIpc) is 2.37. The smallest absolute Gasteiger partial charge is 0.124 e. The van der Waals surface area contributed by atoms with Crippen LogP contribution in [0, 0.1) is 0 Å². The first-order valence-electron chi connectivity index (χ1n) is 7.00. The Balaban J connectivity index is 2.72. The van der Waals surface area contributed by atoms with Crippen LogP contribution < -0.4 is 10.1 Å². The number of rotatable bonds is 7. The number of hydrogen-bond donors (Lipinski definition) is 1. The molecule has 0 atom stereocenters. The van der Waals surface area contributed by atoms with E-state index in [2.05, 4.69) is 52.1 Å². The minimum absolute atomic E-state index is 0.213. The maximum atomic E-state index is 5.84. The van der Waals surface area contributed by atoms with E-state index in [1.807, 2.05) is 12.1 Å². The van der Waals surface area contributed by atoms with Gasteiger partial charge in [0.1, 0.15) is 5.75 Å². The van der Waals surface area contributed by atoms with Crippen molar-refractivity contribution in [1.29, 1.82) is 0 Å². The fraction of sp³-hybridized carbons (Fsp3) is 0.625. The van der Waals surface area contributed by atoms with E-state index in [-0.39, 0.29) is 11.6 Å². The minimum Gasteiger partial charge on any atom is -0.491 e. The highest BCUT2D eigenvalue weighted by molar-refractivity contribution is 5.33. The van der Waals surface area contributed by atoms with Crippen LogP contribution in [0.15, 0.2) is 24.3 Å². The van der Waals surface area contributed by atoms with Gasteiger partial charge in [-0.05, 0) is 39.7 Å². The molecule has 0 unspecified atom stereocenters. The maximum absolute atomic E-state index is 5.84. The van der Waals surface area contributed by atoms with Crippen molar-refractivity contribution in [3.8, 4) is 5.75 Å². The molecular weight excluding hydrogens is 222 g/mol. The number of benzene rings is 1. The molecule has 0 aliphatic rings. The molecule has 102 valence electrons. The minimum atomic E-state index is 0.213. The lowest BCUT2D eigenvalue weighted by molar-refractivity contribution is 0.237. The van der Waals surface area contributed by atoms with Crippen LogP contribution in [0.25, 0.3) is 0 Å². The number of nitrogens with one attached hydrogen (secondary N) is 1. The van der Waals surface area contributed by atoms with Crippen molar-refractivity contribution < 1.29 is 4.74 Å². The fourth-order valence-corrected chi connectivity index (χ4v) is 1.83. The Hall–Kier alpha value is -1.02. The van der Waals surface area contributed by atoms with E-state index in [9.17, 15) is 0 Å². The summed E-state index contributed by atoms with van der Waals surface area (Å²) in [7, 11) is 0. The van der Waals surface area contributed by atoms with Crippen molar-refractivity contribution in [2.24, 2.45) is 0 Å². The van der Waals surface area contributed by atoms with E-state index in [0.29, 0.717) is 0 Å². The quantitative estimate of drug-likeness (QED) is 0.784. The van der Waals surface area contributed by atoms with Gasteiger partial charge in [0.25, 0.3) is 0 Å². The SMILES string of the molecule is CCC(C)(CC)NCc1ccccc1OC(C)C. The second-order valence-electron chi connectivity index (χ2n) is 5.40. The summed E-state index contributed by atoms with van der Waals surface area (Å²) in [5, 5.41) is 3.65. The van der Waals surface area contributed by atoms with Crippen LogP contribution in [0.4, 0.5) is 0 Å². The van der Waals surface area contributed by atoms with Gasteiger partial charge in [0, 0.05) is 17.6 Å². The molecule has 0 aliphatic carbocycles. The molecule has 2 heteroatoms. The molecule has 0 spiro atoms. The third kappa shape index (κ3) is 4.34. The van der Waals surface area contributed by atoms with Crippen molar-refractivity contribution in [3.63, 3.8) is 0 Å². The molecule has 1 aromatic carbocycles. The normalized spacial score (nSPS) is 11.9. The van der Waals surface area contributed by atoms with Crippen LogP contribution in [0.5, 0.6) is 5.75 Å². The lowest BCUT2D eigenvalue weighted by Gasteiger charge is -2.29. The summed E-state index contributed by atoms with van der Waals surface area (Å²) < 4.78 is 5.84. The van der Waals surface area contributed by atoms with Gasteiger partial charge >= 0.3 is 0 Å². The van der Waals surface area contributed by atoms with Gasteiger partial charge in [0.2, 0.25) is 0 Å². The summed E-state index contributed by atoms with van der Waals surface area (Å²) in [6.07, 6.45) is 2.49. The van der Waals surface area contributed by atoms with Gasteiger partial charge in [-0.2, -0.15) is 0 Å².